The van der Waals surface area contributed by atoms with Crippen molar-refractivity contribution < 1.29 is 0 Å². The van der Waals surface area contributed by atoms with E-state index < -0.39 is 0 Å². The Morgan fingerprint density at radius 2 is 2.00 bits per heavy atom. The van der Waals surface area contributed by atoms with Gasteiger partial charge in [-0.05, 0) is 12.5 Å². The van der Waals surface area contributed by atoms with Crippen LogP contribution in [0.1, 0.15) is 19.2 Å². The number of aromatic nitrogens is 5. The first-order valence-corrected chi connectivity index (χ1v) is 5.71. The number of fused-ring (bicyclic) bond motifs is 1. The monoisotopic (exact) mass is 227 g/mol. The average molecular weight is 227 g/mol. The molecule has 3 aromatic heterocycles. The lowest BCUT2D eigenvalue weighted by Gasteiger charge is -2.07. The molecule has 0 aliphatic rings. The van der Waals surface area contributed by atoms with Gasteiger partial charge in [-0.15, -0.1) is 0 Å². The van der Waals surface area contributed by atoms with E-state index >= 15 is 0 Å². The smallest absolute Gasteiger partial charge is 0.164 e. The first kappa shape index (κ1) is 10.0. The van der Waals surface area contributed by atoms with Crippen LogP contribution in [0.2, 0.25) is 0 Å². The van der Waals surface area contributed by atoms with Crippen LogP contribution in [0.4, 0.5) is 0 Å². The molecule has 0 saturated heterocycles. The maximum atomic E-state index is 4.43. The van der Waals surface area contributed by atoms with Gasteiger partial charge in [0.25, 0.3) is 0 Å². The van der Waals surface area contributed by atoms with Gasteiger partial charge < -0.3 is 0 Å². The summed E-state index contributed by atoms with van der Waals surface area (Å²) in [4.78, 5) is 8.79. The third-order valence-corrected chi connectivity index (χ3v) is 2.72. The summed E-state index contributed by atoms with van der Waals surface area (Å²) in [6.07, 6.45) is 11.1. The summed E-state index contributed by atoms with van der Waals surface area (Å²) in [5.74, 6) is 1.92. The fourth-order valence-electron chi connectivity index (χ4n) is 1.96. The first-order chi connectivity index (χ1) is 8.40. The van der Waals surface area contributed by atoms with Gasteiger partial charge in [0, 0.05) is 31.2 Å². The van der Waals surface area contributed by atoms with Gasteiger partial charge in [-0.3, -0.25) is 4.57 Å². The Balaban J connectivity index is 2.20. The van der Waals surface area contributed by atoms with Crippen LogP contribution in [0, 0.1) is 0 Å². The van der Waals surface area contributed by atoms with E-state index in [1.165, 1.54) is 0 Å². The average Bonchev–Trinajstić information content (AvgIpc) is 2.96. The standard InChI is InChI=1S/C12H13N5/c1-2-3-11-13-6-8-16(11)12-10-4-5-15-17(10)9-7-14-12/h4-9H,2-3H2,1H3. The molecule has 3 aromatic rings. The van der Waals surface area contributed by atoms with Gasteiger partial charge in [-0.25, -0.2) is 14.5 Å². The molecule has 5 heteroatoms. The number of aryl methyl sites for hydroxylation is 1. The van der Waals surface area contributed by atoms with E-state index in [0.717, 1.165) is 30.0 Å². The van der Waals surface area contributed by atoms with Gasteiger partial charge >= 0.3 is 0 Å². The Morgan fingerprint density at radius 1 is 1.12 bits per heavy atom. The Bertz CT molecular complexity index is 637. The minimum Gasteiger partial charge on any atom is -0.286 e. The normalized spacial score (nSPS) is 11.1. The Labute approximate surface area is 98.7 Å². The number of nitrogens with zero attached hydrogens (tertiary/aromatic N) is 5. The maximum Gasteiger partial charge on any atom is 0.164 e. The molecule has 3 heterocycles. The minimum atomic E-state index is 0.881. The van der Waals surface area contributed by atoms with Gasteiger partial charge in [-0.1, -0.05) is 6.92 Å². The molecule has 0 atom stereocenters. The highest BCUT2D eigenvalue weighted by Crippen LogP contribution is 2.15. The van der Waals surface area contributed by atoms with E-state index in [1.54, 1.807) is 12.4 Å². The van der Waals surface area contributed by atoms with Crippen molar-refractivity contribution in [2.45, 2.75) is 19.8 Å². The zero-order valence-electron chi connectivity index (χ0n) is 9.61. The number of hydrogen-bond donors (Lipinski definition) is 0. The van der Waals surface area contributed by atoms with Crippen molar-refractivity contribution in [3.63, 3.8) is 0 Å². The zero-order valence-corrected chi connectivity index (χ0v) is 9.61. The van der Waals surface area contributed by atoms with Crippen LogP contribution < -0.4 is 0 Å². The predicted octanol–water partition coefficient (Wildman–Crippen LogP) is 1.87. The van der Waals surface area contributed by atoms with E-state index in [4.69, 9.17) is 0 Å². The van der Waals surface area contributed by atoms with E-state index in [0.29, 0.717) is 0 Å². The van der Waals surface area contributed by atoms with Crippen molar-refractivity contribution in [2.75, 3.05) is 0 Å². The first-order valence-electron chi connectivity index (χ1n) is 5.71. The molecule has 0 N–H and O–H groups in total. The molecule has 17 heavy (non-hydrogen) atoms. The van der Waals surface area contributed by atoms with Crippen molar-refractivity contribution >= 4 is 5.52 Å². The molecule has 3 rings (SSSR count). The quantitative estimate of drug-likeness (QED) is 0.686. The summed E-state index contributed by atoms with van der Waals surface area (Å²) in [6.45, 7) is 2.14. The van der Waals surface area contributed by atoms with Gasteiger partial charge in [0.2, 0.25) is 0 Å². The van der Waals surface area contributed by atoms with Crippen LogP contribution in [0.15, 0.2) is 37.1 Å². The molecule has 0 saturated carbocycles. The molecule has 0 amide bonds. The molecule has 5 nitrogen and oxygen atoms in total. The molecule has 0 bridgehead atoms. The van der Waals surface area contributed by atoms with E-state index in [2.05, 4.69) is 22.0 Å². The lowest BCUT2D eigenvalue weighted by Crippen LogP contribution is -2.04. The number of rotatable bonds is 3. The van der Waals surface area contributed by atoms with E-state index in [-0.39, 0.29) is 0 Å². The van der Waals surface area contributed by atoms with Crippen LogP contribution >= 0.6 is 0 Å². The SMILES string of the molecule is CCCc1nccn1-c1nccn2nccc12. The summed E-state index contributed by atoms with van der Waals surface area (Å²) < 4.78 is 3.85. The summed E-state index contributed by atoms with van der Waals surface area (Å²) in [7, 11) is 0. The van der Waals surface area contributed by atoms with Gasteiger partial charge in [0.1, 0.15) is 11.3 Å². The maximum absolute atomic E-state index is 4.43. The third kappa shape index (κ3) is 1.60. The summed E-state index contributed by atoms with van der Waals surface area (Å²) >= 11 is 0. The second-order valence-corrected chi connectivity index (χ2v) is 3.88. The highest BCUT2D eigenvalue weighted by molar-refractivity contribution is 5.59. The fraction of sp³-hybridized carbons (Fsp3) is 0.250. The van der Waals surface area contributed by atoms with Crippen LogP contribution in [0.25, 0.3) is 11.3 Å². The number of imidazole rings is 1. The molecular weight excluding hydrogens is 214 g/mol. The summed E-state index contributed by atoms with van der Waals surface area (Å²) in [6, 6.07) is 1.96. The van der Waals surface area contributed by atoms with Gasteiger partial charge in [0.05, 0.1) is 6.20 Å². The minimum absolute atomic E-state index is 0.881. The molecule has 86 valence electrons. The lowest BCUT2D eigenvalue weighted by atomic mass is 10.3. The molecule has 0 fully saturated rings. The van der Waals surface area contributed by atoms with Crippen LogP contribution in [0.3, 0.4) is 0 Å². The molecule has 0 spiro atoms. The lowest BCUT2D eigenvalue weighted by molar-refractivity contribution is 0.795. The molecular formula is C12H13N5. The fourth-order valence-corrected chi connectivity index (χ4v) is 1.96. The predicted molar refractivity (Wildman–Crippen MR) is 64.1 cm³/mol. The Hall–Kier alpha value is -2.17. The Morgan fingerprint density at radius 3 is 2.88 bits per heavy atom. The number of hydrogen-bond acceptors (Lipinski definition) is 3. The Kier molecular flexibility index (Phi) is 2.36. The molecule has 0 unspecified atom stereocenters. The third-order valence-electron chi connectivity index (χ3n) is 2.72. The topological polar surface area (TPSA) is 48.0 Å². The summed E-state index contributed by atoms with van der Waals surface area (Å²) in [5, 5.41) is 4.21. The van der Waals surface area contributed by atoms with Crippen molar-refractivity contribution in [2.24, 2.45) is 0 Å². The van der Waals surface area contributed by atoms with Crippen LogP contribution in [0.5, 0.6) is 0 Å². The van der Waals surface area contributed by atoms with E-state index in [1.807, 2.05) is 33.7 Å². The van der Waals surface area contributed by atoms with Gasteiger partial charge in [0.15, 0.2) is 5.82 Å². The van der Waals surface area contributed by atoms with Crippen molar-refractivity contribution in [1.29, 1.82) is 0 Å². The molecule has 0 aromatic carbocycles. The van der Waals surface area contributed by atoms with Crippen molar-refractivity contribution in [1.82, 2.24) is 24.1 Å². The summed E-state index contributed by atoms with van der Waals surface area (Å²) in [5.41, 5.74) is 0.989. The second-order valence-electron chi connectivity index (χ2n) is 3.88. The molecule has 0 aliphatic heterocycles. The second kappa shape index (κ2) is 4.01. The molecule has 0 aliphatic carbocycles. The van der Waals surface area contributed by atoms with Crippen molar-refractivity contribution in [3.05, 3.63) is 42.9 Å². The van der Waals surface area contributed by atoms with Crippen LogP contribution in [-0.4, -0.2) is 24.1 Å². The van der Waals surface area contributed by atoms with E-state index in [9.17, 15) is 0 Å². The highest BCUT2D eigenvalue weighted by atomic mass is 15.2. The molecule has 0 radical (unpaired) electrons. The highest BCUT2D eigenvalue weighted by Gasteiger charge is 2.09. The van der Waals surface area contributed by atoms with Crippen molar-refractivity contribution in [3.8, 4) is 5.82 Å². The van der Waals surface area contributed by atoms with Crippen LogP contribution in [-0.2, 0) is 6.42 Å². The zero-order chi connectivity index (χ0) is 11.7. The largest absolute Gasteiger partial charge is 0.286 e. The van der Waals surface area contributed by atoms with Gasteiger partial charge in [-0.2, -0.15) is 5.10 Å².